The van der Waals surface area contributed by atoms with Crippen LogP contribution < -0.4 is 9.47 Å². The van der Waals surface area contributed by atoms with Crippen LogP contribution >= 0.6 is 15.9 Å². The number of likely N-dealkylation sites (tertiary alicyclic amines) is 1. The Balaban J connectivity index is 2.00. The highest BCUT2D eigenvalue weighted by Gasteiger charge is 2.55. The van der Waals surface area contributed by atoms with Crippen molar-refractivity contribution in [2.45, 2.75) is 30.1 Å². The molecule has 0 bridgehead atoms. The summed E-state index contributed by atoms with van der Waals surface area (Å²) in [5, 5.41) is 0. The lowest BCUT2D eigenvalue weighted by Gasteiger charge is -2.47. The first kappa shape index (κ1) is 16.2. The van der Waals surface area contributed by atoms with Crippen LogP contribution in [0.4, 0.5) is 0 Å². The van der Waals surface area contributed by atoms with E-state index >= 15 is 0 Å². The minimum absolute atomic E-state index is 0.0173. The molecular formula is C19H22BrNO3. The number of halogens is 1. The highest BCUT2D eigenvalue weighted by atomic mass is 79.9. The van der Waals surface area contributed by atoms with Gasteiger partial charge < -0.3 is 14.4 Å². The number of benzene rings is 1. The van der Waals surface area contributed by atoms with Crippen LogP contribution in [0.3, 0.4) is 0 Å². The fourth-order valence-electron chi connectivity index (χ4n) is 4.89. The van der Waals surface area contributed by atoms with Crippen LogP contribution in [0, 0.1) is 5.41 Å². The summed E-state index contributed by atoms with van der Waals surface area (Å²) >= 11 is 3.60. The van der Waals surface area contributed by atoms with Gasteiger partial charge in [0.25, 0.3) is 0 Å². The summed E-state index contributed by atoms with van der Waals surface area (Å²) in [6.07, 6.45) is 4.77. The van der Waals surface area contributed by atoms with Gasteiger partial charge in [0.15, 0.2) is 17.3 Å². The minimum atomic E-state index is -0.0894. The standard InChI is InChI=1S/C19H22BrNO3/c1-21-7-6-19-10-13(20)14(22)9-12(19)17-11(8-16(19)21)4-5-15(23-2)18(17)24-3/h4-5,9,13,16H,6-8,10H2,1-3H3/t13-,16+,19-/m1/s1. The number of rotatable bonds is 2. The van der Waals surface area contributed by atoms with Gasteiger partial charge in [0.05, 0.1) is 19.0 Å². The quantitative estimate of drug-likeness (QED) is 0.726. The molecule has 2 aliphatic carbocycles. The van der Waals surface area contributed by atoms with E-state index in [9.17, 15) is 4.79 Å². The van der Waals surface area contributed by atoms with Crippen molar-refractivity contribution in [1.29, 1.82) is 0 Å². The monoisotopic (exact) mass is 391 g/mol. The molecule has 3 aliphatic rings. The third-order valence-electron chi connectivity index (χ3n) is 6.07. The molecule has 3 atom stereocenters. The lowest BCUT2D eigenvalue weighted by Crippen LogP contribution is -2.47. The first-order chi connectivity index (χ1) is 11.5. The molecule has 1 spiro atoms. The Kier molecular flexibility index (Phi) is 3.77. The van der Waals surface area contributed by atoms with Crippen LogP contribution in [0.15, 0.2) is 18.2 Å². The molecule has 1 saturated heterocycles. The van der Waals surface area contributed by atoms with Crippen molar-refractivity contribution in [3.8, 4) is 11.5 Å². The highest BCUT2D eigenvalue weighted by Crippen LogP contribution is 2.60. The topological polar surface area (TPSA) is 38.8 Å². The summed E-state index contributed by atoms with van der Waals surface area (Å²) in [5.74, 6) is 1.64. The van der Waals surface area contributed by atoms with Crippen LogP contribution in [0.25, 0.3) is 5.57 Å². The second-order valence-corrected chi connectivity index (χ2v) is 8.18. The predicted octanol–water partition coefficient (Wildman–Crippen LogP) is 3.07. The maximum atomic E-state index is 12.5. The van der Waals surface area contributed by atoms with Crippen LogP contribution in [-0.4, -0.2) is 49.4 Å². The first-order valence-electron chi connectivity index (χ1n) is 8.36. The van der Waals surface area contributed by atoms with E-state index in [1.54, 1.807) is 14.2 Å². The molecule has 0 unspecified atom stereocenters. The van der Waals surface area contributed by atoms with Crippen LogP contribution in [-0.2, 0) is 11.2 Å². The number of alkyl halides is 1. The lowest BCUT2D eigenvalue weighted by atomic mass is 9.60. The van der Waals surface area contributed by atoms with Gasteiger partial charge in [-0.05, 0) is 56.1 Å². The third kappa shape index (κ3) is 2.04. The molecule has 0 amide bonds. The molecule has 4 nitrogen and oxygen atoms in total. The van der Waals surface area contributed by atoms with Gasteiger partial charge in [-0.15, -0.1) is 0 Å². The van der Waals surface area contributed by atoms with Crippen molar-refractivity contribution in [1.82, 2.24) is 4.90 Å². The maximum Gasteiger partial charge on any atom is 0.169 e. The SMILES string of the molecule is COc1ccc2c(c1OC)C1=CC(=O)[C@H](Br)C[C@]13CCN(C)[C@H]3C2. The lowest BCUT2D eigenvalue weighted by molar-refractivity contribution is -0.114. The van der Waals surface area contributed by atoms with Gasteiger partial charge in [0.2, 0.25) is 0 Å². The van der Waals surface area contributed by atoms with Crippen molar-refractivity contribution in [2.24, 2.45) is 5.41 Å². The Morgan fingerprint density at radius 1 is 1.29 bits per heavy atom. The zero-order valence-corrected chi connectivity index (χ0v) is 15.9. The average molecular weight is 392 g/mol. The number of fused-ring (bicyclic) bond motifs is 2. The average Bonchev–Trinajstić information content (AvgIpc) is 2.89. The molecule has 4 rings (SSSR count). The van der Waals surface area contributed by atoms with Crippen molar-refractivity contribution in [2.75, 3.05) is 27.8 Å². The summed E-state index contributed by atoms with van der Waals surface area (Å²) < 4.78 is 11.2. The molecule has 0 radical (unpaired) electrons. The highest BCUT2D eigenvalue weighted by molar-refractivity contribution is 9.10. The van der Waals surface area contributed by atoms with Crippen LogP contribution in [0.5, 0.6) is 11.5 Å². The van der Waals surface area contributed by atoms with E-state index in [4.69, 9.17) is 9.47 Å². The molecule has 128 valence electrons. The van der Waals surface area contributed by atoms with Gasteiger partial charge in [-0.3, -0.25) is 4.79 Å². The maximum absolute atomic E-state index is 12.5. The van der Waals surface area contributed by atoms with Gasteiger partial charge in [0.1, 0.15) is 0 Å². The molecule has 1 fully saturated rings. The van der Waals surface area contributed by atoms with Gasteiger partial charge >= 0.3 is 0 Å². The minimum Gasteiger partial charge on any atom is -0.493 e. The number of allylic oxidation sites excluding steroid dienone is 1. The van der Waals surface area contributed by atoms with E-state index in [2.05, 4.69) is 33.9 Å². The molecule has 0 aromatic heterocycles. The van der Waals surface area contributed by atoms with Crippen molar-refractivity contribution in [3.05, 3.63) is 29.3 Å². The van der Waals surface area contributed by atoms with E-state index < -0.39 is 0 Å². The third-order valence-corrected chi connectivity index (χ3v) is 6.85. The Morgan fingerprint density at radius 2 is 2.08 bits per heavy atom. The Bertz CT molecular complexity index is 744. The molecule has 1 aliphatic heterocycles. The zero-order valence-electron chi connectivity index (χ0n) is 14.3. The molecule has 1 aromatic carbocycles. The Labute approximate surface area is 150 Å². The number of methoxy groups -OCH3 is 2. The summed E-state index contributed by atoms with van der Waals surface area (Å²) in [6.45, 7) is 1.06. The number of carbonyl (C=O) groups is 1. The van der Waals surface area contributed by atoms with Crippen molar-refractivity contribution < 1.29 is 14.3 Å². The van der Waals surface area contributed by atoms with E-state index in [1.165, 1.54) is 5.56 Å². The molecular weight excluding hydrogens is 370 g/mol. The number of nitrogens with zero attached hydrogens (tertiary/aromatic N) is 1. The Hall–Kier alpha value is -1.33. The number of ether oxygens (including phenoxy) is 2. The van der Waals surface area contributed by atoms with Gasteiger partial charge in [-0.1, -0.05) is 22.0 Å². The summed E-state index contributed by atoms with van der Waals surface area (Å²) in [4.78, 5) is 14.8. The summed E-state index contributed by atoms with van der Waals surface area (Å²) in [5.41, 5.74) is 3.49. The molecule has 0 N–H and O–H groups in total. The van der Waals surface area contributed by atoms with Gasteiger partial charge in [-0.25, -0.2) is 0 Å². The second-order valence-electron chi connectivity index (χ2n) is 7.07. The fraction of sp³-hybridized carbons (Fsp3) is 0.526. The summed E-state index contributed by atoms with van der Waals surface area (Å²) in [6, 6.07) is 4.53. The fourth-order valence-corrected chi connectivity index (χ4v) is 5.60. The molecule has 1 aromatic rings. The first-order valence-corrected chi connectivity index (χ1v) is 9.28. The molecule has 1 heterocycles. The zero-order chi connectivity index (χ0) is 17.1. The van der Waals surface area contributed by atoms with Crippen LogP contribution in [0.1, 0.15) is 24.0 Å². The van der Waals surface area contributed by atoms with Gasteiger partial charge in [0, 0.05) is 17.0 Å². The predicted molar refractivity (Wildman–Crippen MR) is 97.0 cm³/mol. The molecule has 0 saturated carbocycles. The van der Waals surface area contributed by atoms with Crippen molar-refractivity contribution >= 4 is 27.3 Å². The number of hydrogen-bond donors (Lipinski definition) is 0. The smallest absolute Gasteiger partial charge is 0.169 e. The van der Waals surface area contributed by atoms with E-state index in [-0.39, 0.29) is 16.0 Å². The normalized spacial score (nSPS) is 31.8. The van der Waals surface area contributed by atoms with Crippen LogP contribution in [0.2, 0.25) is 0 Å². The molecule has 5 heteroatoms. The number of hydrogen-bond acceptors (Lipinski definition) is 4. The largest absolute Gasteiger partial charge is 0.493 e. The van der Waals surface area contributed by atoms with Gasteiger partial charge in [-0.2, -0.15) is 0 Å². The van der Waals surface area contributed by atoms with Crippen molar-refractivity contribution in [3.63, 3.8) is 0 Å². The number of likely N-dealkylation sites (N-methyl/N-ethyl adjacent to an activating group) is 1. The number of ketones is 1. The summed E-state index contributed by atoms with van der Waals surface area (Å²) in [7, 11) is 5.53. The Morgan fingerprint density at radius 3 is 2.79 bits per heavy atom. The van der Waals surface area contributed by atoms with E-state index in [1.807, 2.05) is 12.1 Å². The second kappa shape index (κ2) is 5.60. The molecule has 24 heavy (non-hydrogen) atoms. The van der Waals surface area contributed by atoms with E-state index in [0.717, 1.165) is 48.4 Å². The number of carbonyl (C=O) groups excluding carboxylic acids is 1. The van der Waals surface area contributed by atoms with E-state index in [0.29, 0.717) is 6.04 Å².